The number of ether oxygens (including phenoxy) is 1. The van der Waals surface area contributed by atoms with Gasteiger partial charge in [-0.25, -0.2) is 4.39 Å². The molecule has 1 atom stereocenters. The maximum absolute atomic E-state index is 13.5. The van der Waals surface area contributed by atoms with Gasteiger partial charge in [-0.2, -0.15) is 0 Å². The van der Waals surface area contributed by atoms with Crippen molar-refractivity contribution in [1.82, 2.24) is 5.32 Å². The van der Waals surface area contributed by atoms with Crippen LogP contribution in [0.15, 0.2) is 48.5 Å². The molecule has 1 amide bonds. The average molecular weight is 303 g/mol. The first-order valence-corrected chi connectivity index (χ1v) is 6.96. The zero-order valence-electron chi connectivity index (χ0n) is 12.3. The van der Waals surface area contributed by atoms with Crippen molar-refractivity contribution in [3.63, 3.8) is 0 Å². The molecule has 2 aromatic rings. The molecule has 0 saturated carbocycles. The summed E-state index contributed by atoms with van der Waals surface area (Å²) in [7, 11) is 1.36. The predicted molar refractivity (Wildman–Crippen MR) is 81.3 cm³/mol. The number of halogens is 1. The van der Waals surface area contributed by atoms with Gasteiger partial charge in [0.25, 0.3) is 5.91 Å². The van der Waals surface area contributed by atoms with Crippen LogP contribution < -0.4 is 10.1 Å². The number of hydrogen-bond donors (Lipinski definition) is 2. The van der Waals surface area contributed by atoms with Gasteiger partial charge in [-0.05, 0) is 30.2 Å². The van der Waals surface area contributed by atoms with Gasteiger partial charge < -0.3 is 15.2 Å². The number of aliphatic hydroxyl groups is 1. The third kappa shape index (κ3) is 4.05. The van der Waals surface area contributed by atoms with Crippen LogP contribution in [0.25, 0.3) is 0 Å². The Morgan fingerprint density at radius 1 is 1.27 bits per heavy atom. The van der Waals surface area contributed by atoms with Crippen molar-refractivity contribution in [3.05, 3.63) is 65.5 Å². The van der Waals surface area contributed by atoms with Gasteiger partial charge in [0.1, 0.15) is 0 Å². The molecule has 2 N–H and O–H groups in total. The number of amides is 1. The highest BCUT2D eigenvalue weighted by molar-refractivity contribution is 5.94. The molecule has 0 heterocycles. The van der Waals surface area contributed by atoms with Gasteiger partial charge in [-0.3, -0.25) is 4.79 Å². The second-order valence-electron chi connectivity index (χ2n) is 4.82. The number of rotatable bonds is 6. The molecule has 22 heavy (non-hydrogen) atoms. The average Bonchev–Trinajstić information content (AvgIpc) is 2.55. The SMILES string of the molecule is COc1ccc(C(=O)NCCC(O)c2ccccc2)cc1F. The highest BCUT2D eigenvalue weighted by Gasteiger charge is 2.11. The molecule has 1 unspecified atom stereocenters. The number of nitrogens with one attached hydrogen (secondary N) is 1. The second kappa shape index (κ2) is 7.56. The summed E-state index contributed by atoms with van der Waals surface area (Å²) in [6.45, 7) is 0.294. The lowest BCUT2D eigenvalue weighted by molar-refractivity contribution is 0.0942. The normalized spacial score (nSPS) is 11.8. The number of carbonyl (C=O) groups is 1. The van der Waals surface area contributed by atoms with E-state index in [1.807, 2.05) is 30.3 Å². The maximum atomic E-state index is 13.5. The third-order valence-electron chi connectivity index (χ3n) is 3.30. The van der Waals surface area contributed by atoms with E-state index in [9.17, 15) is 14.3 Å². The van der Waals surface area contributed by atoms with Crippen molar-refractivity contribution in [2.45, 2.75) is 12.5 Å². The van der Waals surface area contributed by atoms with Crippen molar-refractivity contribution in [2.75, 3.05) is 13.7 Å². The molecule has 4 nitrogen and oxygen atoms in total. The lowest BCUT2D eigenvalue weighted by Gasteiger charge is -2.12. The Bertz CT molecular complexity index is 631. The highest BCUT2D eigenvalue weighted by atomic mass is 19.1. The van der Waals surface area contributed by atoms with E-state index >= 15 is 0 Å². The summed E-state index contributed by atoms with van der Waals surface area (Å²) in [6.07, 6.45) is -0.261. The Balaban J connectivity index is 1.86. The minimum atomic E-state index is -0.644. The number of carbonyl (C=O) groups excluding carboxylic acids is 1. The molecular formula is C17H18FNO3. The molecule has 0 aliphatic carbocycles. The van der Waals surface area contributed by atoms with E-state index in [1.165, 1.54) is 19.2 Å². The molecule has 0 radical (unpaired) electrons. The molecule has 0 fully saturated rings. The fourth-order valence-electron chi connectivity index (χ4n) is 2.07. The fraction of sp³-hybridized carbons (Fsp3) is 0.235. The lowest BCUT2D eigenvalue weighted by Crippen LogP contribution is -2.25. The van der Waals surface area contributed by atoms with Gasteiger partial charge >= 0.3 is 0 Å². The van der Waals surface area contributed by atoms with E-state index in [1.54, 1.807) is 0 Å². The van der Waals surface area contributed by atoms with Crippen LogP contribution in [-0.4, -0.2) is 24.7 Å². The van der Waals surface area contributed by atoms with E-state index < -0.39 is 11.9 Å². The van der Waals surface area contributed by atoms with E-state index in [0.29, 0.717) is 13.0 Å². The van der Waals surface area contributed by atoms with Gasteiger partial charge in [0.05, 0.1) is 13.2 Å². The van der Waals surface area contributed by atoms with Gasteiger partial charge in [-0.1, -0.05) is 30.3 Å². The number of methoxy groups -OCH3 is 1. The van der Waals surface area contributed by atoms with Crippen LogP contribution in [0.1, 0.15) is 28.4 Å². The maximum Gasteiger partial charge on any atom is 0.251 e. The molecule has 2 aromatic carbocycles. The van der Waals surface area contributed by atoms with Crippen LogP contribution >= 0.6 is 0 Å². The molecule has 2 rings (SSSR count). The van der Waals surface area contributed by atoms with Crippen LogP contribution in [0.3, 0.4) is 0 Å². The van der Waals surface area contributed by atoms with Crippen molar-refractivity contribution >= 4 is 5.91 Å². The first-order chi connectivity index (χ1) is 10.6. The fourth-order valence-corrected chi connectivity index (χ4v) is 2.07. The molecule has 5 heteroatoms. The Morgan fingerprint density at radius 3 is 2.64 bits per heavy atom. The summed E-state index contributed by atoms with van der Waals surface area (Å²) in [6, 6.07) is 13.2. The molecule has 0 aromatic heterocycles. The van der Waals surface area contributed by atoms with Crippen LogP contribution in [0.4, 0.5) is 4.39 Å². The summed E-state index contributed by atoms with van der Waals surface area (Å²) in [5.74, 6) is -0.877. The largest absolute Gasteiger partial charge is 0.494 e. The standard InChI is InChI=1S/C17H18FNO3/c1-22-16-8-7-13(11-14(16)18)17(21)19-10-9-15(20)12-5-3-2-4-6-12/h2-8,11,15,20H,9-10H2,1H3,(H,19,21). The monoisotopic (exact) mass is 303 g/mol. The minimum Gasteiger partial charge on any atom is -0.494 e. The minimum absolute atomic E-state index is 0.0936. The quantitative estimate of drug-likeness (QED) is 0.862. The molecular weight excluding hydrogens is 285 g/mol. The molecule has 116 valence electrons. The zero-order chi connectivity index (χ0) is 15.9. The van der Waals surface area contributed by atoms with Crippen LogP contribution in [0.5, 0.6) is 5.75 Å². The summed E-state index contributed by atoms with van der Waals surface area (Å²) in [5.41, 5.74) is 1.01. The van der Waals surface area contributed by atoms with Gasteiger partial charge in [-0.15, -0.1) is 0 Å². The van der Waals surface area contributed by atoms with E-state index in [-0.39, 0.29) is 17.2 Å². The first kappa shape index (κ1) is 16.0. The summed E-state index contributed by atoms with van der Waals surface area (Å²) >= 11 is 0. The van der Waals surface area contributed by atoms with Crippen LogP contribution in [-0.2, 0) is 0 Å². The zero-order valence-corrected chi connectivity index (χ0v) is 12.3. The first-order valence-electron chi connectivity index (χ1n) is 6.96. The van der Waals surface area contributed by atoms with Crippen molar-refractivity contribution in [3.8, 4) is 5.75 Å². The van der Waals surface area contributed by atoms with E-state index in [0.717, 1.165) is 11.6 Å². The van der Waals surface area contributed by atoms with Crippen molar-refractivity contribution < 1.29 is 19.0 Å². The van der Waals surface area contributed by atoms with E-state index in [4.69, 9.17) is 4.74 Å². The number of hydrogen-bond acceptors (Lipinski definition) is 3. The molecule has 0 bridgehead atoms. The second-order valence-corrected chi connectivity index (χ2v) is 4.82. The number of benzene rings is 2. The Labute approximate surface area is 128 Å². The van der Waals surface area contributed by atoms with Gasteiger partial charge in [0.2, 0.25) is 0 Å². The van der Waals surface area contributed by atoms with Crippen LogP contribution in [0.2, 0.25) is 0 Å². The highest BCUT2D eigenvalue weighted by Crippen LogP contribution is 2.18. The van der Waals surface area contributed by atoms with E-state index in [2.05, 4.69) is 5.32 Å². The Hall–Kier alpha value is -2.40. The smallest absolute Gasteiger partial charge is 0.251 e. The Morgan fingerprint density at radius 2 is 2.00 bits per heavy atom. The predicted octanol–water partition coefficient (Wildman–Crippen LogP) is 2.69. The van der Waals surface area contributed by atoms with Crippen molar-refractivity contribution in [1.29, 1.82) is 0 Å². The summed E-state index contributed by atoms with van der Waals surface area (Å²) < 4.78 is 18.3. The number of aliphatic hydroxyl groups excluding tert-OH is 1. The third-order valence-corrected chi connectivity index (χ3v) is 3.30. The van der Waals surface area contributed by atoms with Crippen LogP contribution in [0, 0.1) is 5.82 Å². The molecule has 0 aliphatic heterocycles. The lowest BCUT2D eigenvalue weighted by atomic mass is 10.1. The van der Waals surface area contributed by atoms with Gasteiger partial charge in [0, 0.05) is 12.1 Å². The molecule has 0 aliphatic rings. The summed E-state index contributed by atoms with van der Waals surface area (Å²) in [5, 5.41) is 12.6. The van der Waals surface area contributed by atoms with Crippen molar-refractivity contribution in [2.24, 2.45) is 0 Å². The molecule has 0 spiro atoms. The molecule has 0 saturated heterocycles. The topological polar surface area (TPSA) is 58.6 Å². The van der Waals surface area contributed by atoms with Gasteiger partial charge in [0.15, 0.2) is 11.6 Å². The summed E-state index contributed by atoms with van der Waals surface area (Å²) in [4.78, 5) is 11.9. The Kier molecular flexibility index (Phi) is 5.49.